The van der Waals surface area contributed by atoms with Gasteiger partial charge in [0.2, 0.25) is 0 Å². The van der Waals surface area contributed by atoms with Gasteiger partial charge in [-0.25, -0.2) is 0 Å². The molecule has 0 fully saturated rings. The Labute approximate surface area is 111 Å². The Hall–Kier alpha value is -1.95. The molecular formula is C16H16B2. The first-order chi connectivity index (χ1) is 8.65. The Kier molecular flexibility index (Phi) is 3.88. The van der Waals surface area contributed by atoms with E-state index in [4.69, 9.17) is 0 Å². The lowest BCUT2D eigenvalue weighted by Crippen LogP contribution is -1.99. The van der Waals surface area contributed by atoms with E-state index in [-0.39, 0.29) is 0 Å². The minimum absolute atomic E-state index is 1.04. The fraction of sp³-hybridized carbons (Fsp3) is 0. The van der Waals surface area contributed by atoms with Crippen LogP contribution in [0.1, 0.15) is 11.1 Å². The summed E-state index contributed by atoms with van der Waals surface area (Å²) in [4.78, 5) is 0. The number of benzene rings is 2. The summed E-state index contributed by atoms with van der Waals surface area (Å²) in [6, 6.07) is 16.9. The molecule has 0 radical (unpaired) electrons. The van der Waals surface area contributed by atoms with Crippen molar-refractivity contribution in [2.24, 2.45) is 0 Å². The van der Waals surface area contributed by atoms with Crippen molar-refractivity contribution in [1.82, 2.24) is 0 Å². The van der Waals surface area contributed by atoms with Gasteiger partial charge in [-0.3, -0.25) is 0 Å². The maximum absolute atomic E-state index is 4.10. The number of allylic oxidation sites excluding steroid dienone is 2. The predicted octanol–water partition coefficient (Wildman–Crippen LogP) is 0.930. The van der Waals surface area contributed by atoms with Crippen LogP contribution in [0.3, 0.4) is 0 Å². The topological polar surface area (TPSA) is 0 Å². The molecular weight excluding hydrogens is 214 g/mol. The summed E-state index contributed by atoms with van der Waals surface area (Å²) in [5.74, 6) is 0. The molecule has 0 spiro atoms. The second kappa shape index (κ2) is 5.59. The van der Waals surface area contributed by atoms with E-state index in [1.54, 1.807) is 0 Å². The molecule has 0 atom stereocenters. The monoisotopic (exact) mass is 230 g/mol. The quantitative estimate of drug-likeness (QED) is 0.543. The van der Waals surface area contributed by atoms with Crippen molar-refractivity contribution in [3.05, 3.63) is 72.3 Å². The molecule has 0 saturated carbocycles. The molecule has 2 heteroatoms. The van der Waals surface area contributed by atoms with Gasteiger partial charge in [0.15, 0.2) is 0 Å². The van der Waals surface area contributed by atoms with E-state index in [1.807, 2.05) is 0 Å². The molecule has 0 aromatic heterocycles. The summed E-state index contributed by atoms with van der Waals surface area (Å²) in [7, 11) is 4.19. The SMILES string of the molecule is Bc1ccc(/C=C/C(=C)c2ccc(B)cc2)cc1. The van der Waals surface area contributed by atoms with Crippen LogP contribution < -0.4 is 10.9 Å². The molecule has 2 aromatic rings. The van der Waals surface area contributed by atoms with Crippen LogP contribution in [-0.4, -0.2) is 15.7 Å². The Balaban J connectivity index is 2.11. The van der Waals surface area contributed by atoms with Gasteiger partial charge in [-0.05, 0) is 16.7 Å². The summed E-state index contributed by atoms with van der Waals surface area (Å²) >= 11 is 0. The molecule has 0 N–H and O–H groups in total. The van der Waals surface area contributed by atoms with Crippen molar-refractivity contribution in [2.45, 2.75) is 0 Å². The van der Waals surface area contributed by atoms with Crippen molar-refractivity contribution in [1.29, 1.82) is 0 Å². The van der Waals surface area contributed by atoms with Crippen LogP contribution >= 0.6 is 0 Å². The summed E-state index contributed by atoms with van der Waals surface area (Å²) in [6.45, 7) is 4.10. The highest BCUT2D eigenvalue weighted by Gasteiger charge is 1.94. The van der Waals surface area contributed by atoms with Gasteiger partial charge in [0.25, 0.3) is 0 Å². The average Bonchev–Trinajstić information content (AvgIpc) is 2.38. The van der Waals surface area contributed by atoms with Crippen LogP contribution in [0, 0.1) is 0 Å². The predicted molar refractivity (Wildman–Crippen MR) is 87.3 cm³/mol. The third-order valence-electron chi connectivity index (χ3n) is 2.98. The minimum Gasteiger partial charge on any atom is -0.0912 e. The third-order valence-corrected chi connectivity index (χ3v) is 2.98. The summed E-state index contributed by atoms with van der Waals surface area (Å²) in [6.07, 6.45) is 4.16. The van der Waals surface area contributed by atoms with Gasteiger partial charge in [-0.1, -0.05) is 78.2 Å². The van der Waals surface area contributed by atoms with Crippen LogP contribution in [-0.2, 0) is 0 Å². The molecule has 0 unspecified atom stereocenters. The highest BCUT2D eigenvalue weighted by Crippen LogP contribution is 2.14. The van der Waals surface area contributed by atoms with Crippen LogP contribution in [0.5, 0.6) is 0 Å². The Morgan fingerprint density at radius 2 is 1.33 bits per heavy atom. The Bertz CT molecular complexity index is 563. The normalized spacial score (nSPS) is 10.7. The van der Waals surface area contributed by atoms with E-state index in [9.17, 15) is 0 Å². The third kappa shape index (κ3) is 3.27. The maximum atomic E-state index is 4.10. The van der Waals surface area contributed by atoms with Crippen molar-refractivity contribution in [3.63, 3.8) is 0 Å². The Morgan fingerprint density at radius 1 is 0.833 bits per heavy atom. The van der Waals surface area contributed by atoms with Gasteiger partial charge in [0.05, 0.1) is 0 Å². The molecule has 2 aromatic carbocycles. The molecule has 0 heterocycles. The molecule has 0 bridgehead atoms. The standard InChI is InChI=1S/C16H16B2/c1-12(14-6-10-16(18)11-7-14)2-3-13-4-8-15(17)9-5-13/h2-11H,1,17-18H2/b3-2+. The molecule has 18 heavy (non-hydrogen) atoms. The molecule has 0 aliphatic heterocycles. The molecule has 0 nitrogen and oxygen atoms in total. The van der Waals surface area contributed by atoms with Gasteiger partial charge >= 0.3 is 0 Å². The molecule has 86 valence electrons. The number of hydrogen-bond donors (Lipinski definition) is 0. The van der Waals surface area contributed by atoms with E-state index in [2.05, 4.69) is 83.0 Å². The van der Waals surface area contributed by atoms with Crippen molar-refractivity contribution < 1.29 is 0 Å². The summed E-state index contributed by atoms with van der Waals surface area (Å²) in [5, 5.41) is 0. The Morgan fingerprint density at radius 3 is 1.89 bits per heavy atom. The van der Waals surface area contributed by atoms with Gasteiger partial charge in [0, 0.05) is 0 Å². The lowest BCUT2D eigenvalue weighted by molar-refractivity contribution is 1.66. The zero-order chi connectivity index (χ0) is 13.0. The van der Waals surface area contributed by atoms with E-state index in [1.165, 1.54) is 22.1 Å². The molecule has 0 amide bonds. The van der Waals surface area contributed by atoms with Crippen molar-refractivity contribution in [3.8, 4) is 0 Å². The van der Waals surface area contributed by atoms with E-state index >= 15 is 0 Å². The molecule has 0 aliphatic carbocycles. The smallest absolute Gasteiger partial charge is 0.0912 e. The summed E-state index contributed by atoms with van der Waals surface area (Å²) < 4.78 is 0. The molecule has 0 saturated heterocycles. The first kappa shape index (κ1) is 12.5. The van der Waals surface area contributed by atoms with E-state index < -0.39 is 0 Å². The molecule has 0 aliphatic rings. The fourth-order valence-electron chi connectivity index (χ4n) is 1.74. The largest absolute Gasteiger partial charge is 0.139 e. The van der Waals surface area contributed by atoms with Gasteiger partial charge in [-0.2, -0.15) is 0 Å². The van der Waals surface area contributed by atoms with Gasteiger partial charge < -0.3 is 0 Å². The van der Waals surface area contributed by atoms with Crippen LogP contribution in [0.4, 0.5) is 0 Å². The fourth-order valence-corrected chi connectivity index (χ4v) is 1.74. The highest BCUT2D eigenvalue weighted by molar-refractivity contribution is 6.32. The van der Waals surface area contributed by atoms with Gasteiger partial charge in [0.1, 0.15) is 15.7 Å². The minimum atomic E-state index is 1.04. The highest BCUT2D eigenvalue weighted by atomic mass is 14.0. The summed E-state index contributed by atoms with van der Waals surface area (Å²) in [5.41, 5.74) is 5.96. The number of hydrogen-bond acceptors (Lipinski definition) is 0. The second-order valence-corrected chi connectivity index (χ2v) is 4.64. The van der Waals surface area contributed by atoms with Crippen LogP contribution in [0.25, 0.3) is 11.6 Å². The van der Waals surface area contributed by atoms with Gasteiger partial charge in [-0.15, -0.1) is 0 Å². The zero-order valence-electron chi connectivity index (χ0n) is 11.0. The average molecular weight is 230 g/mol. The van der Waals surface area contributed by atoms with Crippen LogP contribution in [0.2, 0.25) is 0 Å². The lowest BCUT2D eigenvalue weighted by atomic mass is 9.93. The van der Waals surface area contributed by atoms with E-state index in [0.717, 1.165) is 5.57 Å². The van der Waals surface area contributed by atoms with Crippen molar-refractivity contribution in [2.75, 3.05) is 0 Å². The first-order valence-electron chi connectivity index (χ1n) is 6.16. The molecule has 2 rings (SSSR count). The van der Waals surface area contributed by atoms with Crippen LogP contribution in [0.15, 0.2) is 61.2 Å². The second-order valence-electron chi connectivity index (χ2n) is 4.64. The number of rotatable bonds is 3. The maximum Gasteiger partial charge on any atom is 0.139 e. The lowest BCUT2D eigenvalue weighted by Gasteiger charge is -2.01. The van der Waals surface area contributed by atoms with E-state index in [0.29, 0.717) is 0 Å². The van der Waals surface area contributed by atoms with Crippen molar-refractivity contribution >= 4 is 38.3 Å². The first-order valence-corrected chi connectivity index (χ1v) is 6.16. The zero-order valence-corrected chi connectivity index (χ0v) is 11.0.